The molecule has 0 saturated carbocycles. The van der Waals surface area contributed by atoms with E-state index in [1.54, 1.807) is 20.0 Å². The van der Waals surface area contributed by atoms with Crippen LogP contribution in [-0.4, -0.2) is 28.9 Å². The summed E-state index contributed by atoms with van der Waals surface area (Å²) in [5.41, 5.74) is 6.25. The van der Waals surface area contributed by atoms with E-state index in [4.69, 9.17) is 22.5 Å². The highest BCUT2D eigenvalue weighted by Crippen LogP contribution is 2.17. The van der Waals surface area contributed by atoms with Crippen LogP contribution in [0, 0.1) is 5.92 Å². The lowest BCUT2D eigenvalue weighted by atomic mass is 10.1. The summed E-state index contributed by atoms with van der Waals surface area (Å²) in [7, 11) is 1.65. The van der Waals surface area contributed by atoms with Crippen molar-refractivity contribution in [2.24, 2.45) is 16.8 Å². The molecule has 18 heavy (non-hydrogen) atoms. The van der Waals surface area contributed by atoms with Gasteiger partial charge in [0, 0.05) is 18.6 Å². The van der Waals surface area contributed by atoms with E-state index in [9.17, 15) is 4.79 Å². The standard InChI is InChI=1S/C12H16ClN3O2/c1-8(11(14)15-18)12(17)16(2)7-9-5-3-4-6-10(9)13/h3-6,8,18H,7H2,1-2H3,(H2,14,15). The van der Waals surface area contributed by atoms with Crippen LogP contribution in [0.4, 0.5) is 0 Å². The number of benzene rings is 1. The van der Waals surface area contributed by atoms with E-state index in [1.807, 2.05) is 18.2 Å². The number of nitrogens with zero attached hydrogens (tertiary/aromatic N) is 2. The average molecular weight is 270 g/mol. The van der Waals surface area contributed by atoms with E-state index >= 15 is 0 Å². The molecule has 0 radical (unpaired) electrons. The Labute approximate surface area is 111 Å². The highest BCUT2D eigenvalue weighted by Gasteiger charge is 2.21. The summed E-state index contributed by atoms with van der Waals surface area (Å²) in [4.78, 5) is 13.5. The maximum atomic E-state index is 12.0. The monoisotopic (exact) mass is 269 g/mol. The molecule has 0 aromatic heterocycles. The molecule has 0 aliphatic heterocycles. The minimum Gasteiger partial charge on any atom is -0.409 e. The van der Waals surface area contributed by atoms with Gasteiger partial charge in [-0.1, -0.05) is 35.0 Å². The van der Waals surface area contributed by atoms with Crippen molar-refractivity contribution in [2.45, 2.75) is 13.5 Å². The number of rotatable bonds is 4. The van der Waals surface area contributed by atoms with E-state index in [-0.39, 0.29) is 11.7 Å². The number of carbonyl (C=O) groups excluding carboxylic acids is 1. The molecule has 1 amide bonds. The van der Waals surface area contributed by atoms with Gasteiger partial charge in [0.25, 0.3) is 0 Å². The summed E-state index contributed by atoms with van der Waals surface area (Å²) in [5, 5.41) is 12.0. The second-order valence-electron chi connectivity index (χ2n) is 4.03. The molecule has 6 heteroatoms. The molecule has 0 aliphatic carbocycles. The average Bonchev–Trinajstić information content (AvgIpc) is 2.38. The third-order valence-corrected chi connectivity index (χ3v) is 3.04. The molecule has 0 aliphatic rings. The molecule has 0 saturated heterocycles. The summed E-state index contributed by atoms with van der Waals surface area (Å²) in [6.45, 7) is 1.96. The fourth-order valence-corrected chi connectivity index (χ4v) is 1.70. The summed E-state index contributed by atoms with van der Waals surface area (Å²) >= 11 is 6.02. The predicted molar refractivity (Wildman–Crippen MR) is 70.5 cm³/mol. The molecular weight excluding hydrogens is 254 g/mol. The number of halogens is 1. The molecule has 1 unspecified atom stereocenters. The smallest absolute Gasteiger partial charge is 0.233 e. The molecular formula is C12H16ClN3O2. The quantitative estimate of drug-likeness (QED) is 0.378. The fourth-order valence-electron chi connectivity index (χ4n) is 1.50. The van der Waals surface area contributed by atoms with Gasteiger partial charge in [-0.05, 0) is 18.6 Å². The first-order valence-corrected chi connectivity index (χ1v) is 5.81. The maximum absolute atomic E-state index is 12.0. The number of hydrogen-bond donors (Lipinski definition) is 2. The maximum Gasteiger partial charge on any atom is 0.233 e. The van der Waals surface area contributed by atoms with Crippen molar-refractivity contribution in [1.29, 1.82) is 0 Å². The molecule has 0 spiro atoms. The third-order valence-electron chi connectivity index (χ3n) is 2.67. The lowest BCUT2D eigenvalue weighted by molar-refractivity contribution is -0.132. The Hall–Kier alpha value is -1.75. The number of amidine groups is 1. The lowest BCUT2D eigenvalue weighted by Gasteiger charge is -2.21. The van der Waals surface area contributed by atoms with Crippen LogP contribution >= 0.6 is 11.6 Å². The first kappa shape index (κ1) is 14.3. The molecule has 1 atom stereocenters. The van der Waals surface area contributed by atoms with Crippen molar-refractivity contribution in [1.82, 2.24) is 4.90 Å². The van der Waals surface area contributed by atoms with Gasteiger partial charge in [-0.3, -0.25) is 4.79 Å². The normalized spacial score (nSPS) is 13.2. The first-order valence-electron chi connectivity index (χ1n) is 5.43. The predicted octanol–water partition coefficient (Wildman–Crippen LogP) is 1.68. The molecule has 1 aromatic rings. The van der Waals surface area contributed by atoms with E-state index in [0.717, 1.165) is 5.56 Å². The second-order valence-corrected chi connectivity index (χ2v) is 4.44. The molecule has 1 aromatic carbocycles. The van der Waals surface area contributed by atoms with Crippen LogP contribution in [0.25, 0.3) is 0 Å². The summed E-state index contributed by atoms with van der Waals surface area (Å²) < 4.78 is 0. The Balaban J connectivity index is 2.75. The molecule has 1 rings (SSSR count). The zero-order valence-corrected chi connectivity index (χ0v) is 11.1. The number of hydrogen-bond acceptors (Lipinski definition) is 3. The van der Waals surface area contributed by atoms with Crippen molar-refractivity contribution < 1.29 is 10.0 Å². The second kappa shape index (κ2) is 6.26. The van der Waals surface area contributed by atoms with Crippen LogP contribution in [0.1, 0.15) is 12.5 Å². The zero-order valence-electron chi connectivity index (χ0n) is 10.3. The van der Waals surface area contributed by atoms with Crippen LogP contribution in [0.3, 0.4) is 0 Å². The van der Waals surface area contributed by atoms with E-state index < -0.39 is 5.92 Å². The van der Waals surface area contributed by atoms with Crippen LogP contribution in [-0.2, 0) is 11.3 Å². The minimum absolute atomic E-state index is 0.106. The number of amides is 1. The van der Waals surface area contributed by atoms with Crippen LogP contribution in [0.5, 0.6) is 0 Å². The zero-order chi connectivity index (χ0) is 13.7. The molecule has 0 fully saturated rings. The third kappa shape index (κ3) is 3.37. The summed E-state index contributed by atoms with van der Waals surface area (Å²) in [6.07, 6.45) is 0. The lowest BCUT2D eigenvalue weighted by Crippen LogP contribution is -2.38. The topological polar surface area (TPSA) is 78.9 Å². The first-order chi connectivity index (χ1) is 8.47. The Morgan fingerprint density at radius 1 is 1.56 bits per heavy atom. The Kier molecular flexibility index (Phi) is 4.97. The van der Waals surface area contributed by atoms with Crippen molar-refractivity contribution in [3.8, 4) is 0 Å². The molecule has 3 N–H and O–H groups in total. The highest BCUT2D eigenvalue weighted by atomic mass is 35.5. The highest BCUT2D eigenvalue weighted by molar-refractivity contribution is 6.31. The van der Waals surface area contributed by atoms with Gasteiger partial charge < -0.3 is 15.8 Å². The van der Waals surface area contributed by atoms with Crippen molar-refractivity contribution in [2.75, 3.05) is 7.05 Å². The molecule has 0 heterocycles. The molecule has 5 nitrogen and oxygen atoms in total. The summed E-state index contributed by atoms with van der Waals surface area (Å²) in [6, 6.07) is 7.29. The van der Waals surface area contributed by atoms with E-state index in [2.05, 4.69) is 5.16 Å². The van der Waals surface area contributed by atoms with E-state index in [1.165, 1.54) is 4.90 Å². The van der Waals surface area contributed by atoms with Gasteiger partial charge in [-0.2, -0.15) is 0 Å². The van der Waals surface area contributed by atoms with Crippen molar-refractivity contribution in [3.05, 3.63) is 34.9 Å². The SMILES string of the molecule is CC(C(=O)N(C)Cc1ccccc1Cl)C(N)=NO. The van der Waals surface area contributed by atoms with Gasteiger partial charge in [0.1, 0.15) is 0 Å². The van der Waals surface area contributed by atoms with Crippen LogP contribution in [0.15, 0.2) is 29.4 Å². The number of oxime groups is 1. The van der Waals surface area contributed by atoms with Gasteiger partial charge >= 0.3 is 0 Å². The van der Waals surface area contributed by atoms with Crippen molar-refractivity contribution >= 4 is 23.3 Å². The van der Waals surface area contributed by atoms with E-state index in [0.29, 0.717) is 11.6 Å². The summed E-state index contributed by atoms with van der Waals surface area (Å²) in [5.74, 6) is -1.00. The van der Waals surface area contributed by atoms with Gasteiger partial charge in [0.15, 0.2) is 5.84 Å². The van der Waals surface area contributed by atoms with Gasteiger partial charge in [-0.25, -0.2) is 0 Å². The Bertz CT molecular complexity index is 462. The largest absolute Gasteiger partial charge is 0.409 e. The van der Waals surface area contributed by atoms with Gasteiger partial charge in [-0.15, -0.1) is 0 Å². The van der Waals surface area contributed by atoms with Gasteiger partial charge in [0.2, 0.25) is 5.91 Å². The number of nitrogens with two attached hydrogens (primary N) is 1. The van der Waals surface area contributed by atoms with Crippen molar-refractivity contribution in [3.63, 3.8) is 0 Å². The molecule has 98 valence electrons. The van der Waals surface area contributed by atoms with Crippen LogP contribution < -0.4 is 5.73 Å². The molecule has 0 bridgehead atoms. The Morgan fingerprint density at radius 3 is 2.72 bits per heavy atom. The van der Waals surface area contributed by atoms with Gasteiger partial charge in [0.05, 0.1) is 5.92 Å². The minimum atomic E-state index is -0.664. The van der Waals surface area contributed by atoms with Crippen LogP contribution in [0.2, 0.25) is 5.02 Å². The Morgan fingerprint density at radius 2 is 2.17 bits per heavy atom. The fraction of sp³-hybridized carbons (Fsp3) is 0.333. The number of carbonyl (C=O) groups is 1.